The molecule has 6 nitrogen and oxygen atoms in total. The number of carbonyl (C=O) groups excluding carboxylic acids is 3. The highest BCUT2D eigenvalue weighted by molar-refractivity contribution is 5.99. The molecule has 1 saturated heterocycles. The second-order valence-corrected chi connectivity index (χ2v) is 5.97. The number of benzene rings is 1. The summed E-state index contributed by atoms with van der Waals surface area (Å²) in [7, 11) is 0. The van der Waals surface area contributed by atoms with Crippen LogP contribution in [0.1, 0.15) is 31.4 Å². The lowest BCUT2D eigenvalue weighted by Gasteiger charge is -2.50. The van der Waals surface area contributed by atoms with Gasteiger partial charge in [-0.25, -0.2) is 0 Å². The molecule has 1 aromatic rings. The number of nitrogens with two attached hydrogens (primary N) is 1. The van der Waals surface area contributed by atoms with E-state index in [-0.39, 0.29) is 17.9 Å². The second-order valence-electron chi connectivity index (χ2n) is 5.97. The lowest BCUT2D eigenvalue weighted by molar-refractivity contribution is -0.152. The smallest absolute Gasteiger partial charge is 0.252 e. The van der Waals surface area contributed by atoms with Gasteiger partial charge in [-0.15, -0.1) is 0 Å². The first kappa shape index (κ1) is 15.4. The van der Waals surface area contributed by atoms with Crippen molar-refractivity contribution in [3.8, 4) is 0 Å². The van der Waals surface area contributed by atoms with Crippen LogP contribution in [-0.2, 0) is 14.4 Å². The van der Waals surface area contributed by atoms with Gasteiger partial charge in [-0.05, 0) is 30.9 Å². The molecule has 3 rings (SSSR count). The number of nitrogens with zero attached hydrogens (tertiary/aromatic N) is 1. The van der Waals surface area contributed by atoms with Gasteiger partial charge in [0, 0.05) is 0 Å². The summed E-state index contributed by atoms with van der Waals surface area (Å²) < 4.78 is 0. The zero-order valence-corrected chi connectivity index (χ0v) is 12.9. The van der Waals surface area contributed by atoms with E-state index in [0.717, 1.165) is 18.4 Å². The van der Waals surface area contributed by atoms with Crippen LogP contribution < -0.4 is 11.1 Å². The minimum Gasteiger partial charge on any atom is -0.341 e. The molecule has 0 saturated carbocycles. The standard InChI is InChI=1S/C17H19N3O3/c1-10-7-8-12-15(17(23)20(12)13(10)9-21)19-16(22)14(18)11-5-3-2-4-6-11/h2-6,9,12,14-15H,7-8,18H2,1H3,(H,19,22). The molecular formula is C17H19N3O3. The Hall–Kier alpha value is -2.47. The van der Waals surface area contributed by atoms with Gasteiger partial charge in [0.15, 0.2) is 6.29 Å². The summed E-state index contributed by atoms with van der Waals surface area (Å²) >= 11 is 0. The molecule has 2 heterocycles. The highest BCUT2D eigenvalue weighted by Gasteiger charge is 2.51. The molecule has 0 aliphatic carbocycles. The van der Waals surface area contributed by atoms with Crippen LogP contribution in [0.15, 0.2) is 41.6 Å². The summed E-state index contributed by atoms with van der Waals surface area (Å²) in [5, 5.41) is 2.73. The van der Waals surface area contributed by atoms with E-state index in [4.69, 9.17) is 5.73 Å². The number of hydrogen-bond donors (Lipinski definition) is 2. The molecule has 1 aromatic carbocycles. The maximum atomic E-state index is 12.3. The normalized spacial score (nSPS) is 24.6. The van der Waals surface area contributed by atoms with E-state index < -0.39 is 12.1 Å². The maximum Gasteiger partial charge on any atom is 0.252 e. The van der Waals surface area contributed by atoms with Crippen molar-refractivity contribution in [1.29, 1.82) is 0 Å². The molecule has 0 bridgehead atoms. The summed E-state index contributed by atoms with van der Waals surface area (Å²) in [6.07, 6.45) is 2.20. The zero-order chi connectivity index (χ0) is 16.6. The van der Waals surface area contributed by atoms with Gasteiger partial charge in [0.05, 0.1) is 11.7 Å². The molecule has 0 radical (unpaired) electrons. The average molecular weight is 313 g/mol. The topological polar surface area (TPSA) is 92.5 Å². The van der Waals surface area contributed by atoms with Crippen molar-refractivity contribution < 1.29 is 14.4 Å². The van der Waals surface area contributed by atoms with Gasteiger partial charge in [-0.2, -0.15) is 0 Å². The molecule has 2 amide bonds. The van der Waals surface area contributed by atoms with E-state index in [0.29, 0.717) is 17.5 Å². The quantitative estimate of drug-likeness (QED) is 0.630. The van der Waals surface area contributed by atoms with Gasteiger partial charge in [-0.1, -0.05) is 30.3 Å². The van der Waals surface area contributed by atoms with Crippen LogP contribution in [0.25, 0.3) is 0 Å². The molecule has 0 spiro atoms. The van der Waals surface area contributed by atoms with Crippen molar-refractivity contribution >= 4 is 18.1 Å². The Labute approximate surface area is 134 Å². The summed E-state index contributed by atoms with van der Waals surface area (Å²) in [5.74, 6) is -0.627. The summed E-state index contributed by atoms with van der Waals surface area (Å²) in [6.45, 7) is 1.85. The highest BCUT2D eigenvalue weighted by atomic mass is 16.2. The largest absolute Gasteiger partial charge is 0.341 e. The molecule has 2 aliphatic heterocycles. The second kappa shape index (κ2) is 5.96. The first-order valence-electron chi connectivity index (χ1n) is 7.63. The predicted octanol–water partition coefficient (Wildman–Crippen LogP) is 0.649. The predicted molar refractivity (Wildman–Crippen MR) is 83.9 cm³/mol. The Bertz CT molecular complexity index is 684. The average Bonchev–Trinajstić information content (AvgIpc) is 2.59. The Morgan fingerprint density at radius 1 is 1.39 bits per heavy atom. The molecule has 1 fully saturated rings. The molecule has 0 aromatic heterocycles. The minimum atomic E-state index is -0.815. The fourth-order valence-corrected chi connectivity index (χ4v) is 3.21. The van der Waals surface area contributed by atoms with Crippen LogP contribution in [0.4, 0.5) is 0 Å². The molecule has 120 valence electrons. The lowest BCUT2D eigenvalue weighted by atomic mass is 9.84. The summed E-state index contributed by atoms with van der Waals surface area (Å²) in [6, 6.07) is 7.45. The SMILES string of the molecule is CC1=C(C=O)N2C(=O)C(NC(=O)C(N)c3ccccc3)C2CC1. The fourth-order valence-electron chi connectivity index (χ4n) is 3.21. The van der Waals surface area contributed by atoms with Crippen molar-refractivity contribution in [3.05, 3.63) is 47.2 Å². The third-order valence-corrected chi connectivity index (χ3v) is 4.58. The Morgan fingerprint density at radius 3 is 2.74 bits per heavy atom. The van der Waals surface area contributed by atoms with Crippen LogP contribution in [0.5, 0.6) is 0 Å². The number of rotatable bonds is 4. The number of carbonyl (C=O) groups is 3. The van der Waals surface area contributed by atoms with Crippen LogP contribution in [0.3, 0.4) is 0 Å². The van der Waals surface area contributed by atoms with Crippen molar-refractivity contribution in [2.75, 3.05) is 0 Å². The van der Waals surface area contributed by atoms with E-state index in [1.165, 1.54) is 4.90 Å². The molecule has 23 heavy (non-hydrogen) atoms. The number of amides is 2. The minimum absolute atomic E-state index is 0.154. The third-order valence-electron chi connectivity index (χ3n) is 4.58. The third kappa shape index (κ3) is 2.55. The van der Waals surface area contributed by atoms with Gasteiger partial charge < -0.3 is 16.0 Å². The van der Waals surface area contributed by atoms with Crippen molar-refractivity contribution in [2.45, 2.75) is 37.9 Å². The van der Waals surface area contributed by atoms with Gasteiger partial charge in [0.25, 0.3) is 5.91 Å². The molecule has 3 atom stereocenters. The molecule has 6 heteroatoms. The molecule has 2 aliphatic rings. The molecular weight excluding hydrogens is 294 g/mol. The highest BCUT2D eigenvalue weighted by Crippen LogP contribution is 2.35. The summed E-state index contributed by atoms with van der Waals surface area (Å²) in [5.41, 5.74) is 7.99. The number of fused-ring (bicyclic) bond motifs is 1. The van der Waals surface area contributed by atoms with Crippen molar-refractivity contribution in [1.82, 2.24) is 10.2 Å². The number of β-lactam (4-membered cyclic amide) rings is 1. The lowest BCUT2D eigenvalue weighted by Crippen LogP contribution is -2.71. The Kier molecular flexibility index (Phi) is 4.00. The first-order valence-corrected chi connectivity index (χ1v) is 7.63. The van der Waals surface area contributed by atoms with Crippen LogP contribution in [-0.4, -0.2) is 35.1 Å². The first-order chi connectivity index (χ1) is 11.0. The van der Waals surface area contributed by atoms with Crippen LogP contribution >= 0.6 is 0 Å². The monoisotopic (exact) mass is 313 g/mol. The maximum absolute atomic E-state index is 12.3. The number of allylic oxidation sites excluding steroid dienone is 2. The van der Waals surface area contributed by atoms with Crippen LogP contribution in [0.2, 0.25) is 0 Å². The van der Waals surface area contributed by atoms with Gasteiger partial charge in [0.2, 0.25) is 5.91 Å². The van der Waals surface area contributed by atoms with E-state index in [1.54, 1.807) is 12.1 Å². The zero-order valence-electron chi connectivity index (χ0n) is 12.9. The number of aldehydes is 1. The number of nitrogens with one attached hydrogen (secondary N) is 1. The number of hydrogen-bond acceptors (Lipinski definition) is 4. The van der Waals surface area contributed by atoms with Crippen molar-refractivity contribution in [3.63, 3.8) is 0 Å². The van der Waals surface area contributed by atoms with E-state index in [2.05, 4.69) is 5.32 Å². The Morgan fingerprint density at radius 2 is 2.09 bits per heavy atom. The van der Waals surface area contributed by atoms with Gasteiger partial charge in [-0.3, -0.25) is 14.4 Å². The van der Waals surface area contributed by atoms with Gasteiger partial charge >= 0.3 is 0 Å². The van der Waals surface area contributed by atoms with E-state index in [9.17, 15) is 14.4 Å². The fraction of sp³-hybridized carbons (Fsp3) is 0.353. The molecule has 3 unspecified atom stereocenters. The molecule has 3 N–H and O–H groups in total. The van der Waals surface area contributed by atoms with E-state index >= 15 is 0 Å². The Balaban J connectivity index is 1.70. The summed E-state index contributed by atoms with van der Waals surface area (Å²) in [4.78, 5) is 37.2. The van der Waals surface area contributed by atoms with Crippen LogP contribution in [0, 0.1) is 0 Å². The van der Waals surface area contributed by atoms with Crippen molar-refractivity contribution in [2.24, 2.45) is 5.73 Å². The van der Waals surface area contributed by atoms with E-state index in [1.807, 2.05) is 25.1 Å². The van der Waals surface area contributed by atoms with Gasteiger partial charge in [0.1, 0.15) is 12.1 Å².